The first-order valence-corrected chi connectivity index (χ1v) is 9.44. The van der Waals surface area contributed by atoms with E-state index in [4.69, 9.17) is 4.74 Å². The molecule has 0 atom stereocenters. The van der Waals surface area contributed by atoms with E-state index < -0.39 is 5.60 Å². The summed E-state index contributed by atoms with van der Waals surface area (Å²) in [6, 6.07) is 0. The highest BCUT2D eigenvalue weighted by Crippen LogP contribution is 2.10. The molecule has 1 fully saturated rings. The van der Waals surface area contributed by atoms with E-state index in [1.54, 1.807) is 11.8 Å². The van der Waals surface area contributed by atoms with Gasteiger partial charge in [-0.1, -0.05) is 0 Å². The van der Waals surface area contributed by atoms with E-state index in [0.717, 1.165) is 25.6 Å². The van der Waals surface area contributed by atoms with Gasteiger partial charge in [0.05, 0.1) is 6.54 Å². The van der Waals surface area contributed by atoms with Gasteiger partial charge >= 0.3 is 6.09 Å². The van der Waals surface area contributed by atoms with Crippen molar-refractivity contribution in [3.8, 4) is 0 Å². The smallest absolute Gasteiger partial charge is 0.410 e. The number of hydrogen-bond acceptors (Lipinski definition) is 4. The average Bonchev–Trinajstić information content (AvgIpc) is 2.56. The number of aliphatic imine (C=N–C) groups is 1. The number of amides is 2. The van der Waals surface area contributed by atoms with Crippen LogP contribution in [0.5, 0.6) is 0 Å². The first-order chi connectivity index (χ1) is 12.2. The molecule has 1 rings (SSSR count). The molecule has 1 aliphatic heterocycles. The minimum Gasteiger partial charge on any atom is -0.444 e. The van der Waals surface area contributed by atoms with Crippen LogP contribution in [0, 0.1) is 0 Å². The Hall–Kier alpha value is -1.99. The first-order valence-electron chi connectivity index (χ1n) is 9.44. The van der Waals surface area contributed by atoms with Crippen LogP contribution in [0.1, 0.15) is 41.5 Å². The summed E-state index contributed by atoms with van der Waals surface area (Å²) >= 11 is 0. The van der Waals surface area contributed by atoms with Gasteiger partial charge < -0.3 is 24.8 Å². The van der Waals surface area contributed by atoms with Crippen molar-refractivity contribution in [3.63, 3.8) is 0 Å². The second kappa shape index (κ2) is 10.2. The van der Waals surface area contributed by atoms with E-state index in [-0.39, 0.29) is 12.0 Å². The maximum atomic E-state index is 12.2. The van der Waals surface area contributed by atoms with Gasteiger partial charge in [-0.3, -0.25) is 9.79 Å². The van der Waals surface area contributed by atoms with E-state index in [1.807, 2.05) is 39.5 Å². The summed E-state index contributed by atoms with van der Waals surface area (Å²) in [5.41, 5.74) is -0.501. The van der Waals surface area contributed by atoms with Crippen LogP contribution >= 0.6 is 0 Å². The molecule has 0 unspecified atom stereocenters. The van der Waals surface area contributed by atoms with Crippen molar-refractivity contribution >= 4 is 18.0 Å². The van der Waals surface area contributed by atoms with Gasteiger partial charge in [0.25, 0.3) is 0 Å². The molecule has 0 radical (unpaired) electrons. The molecule has 0 aliphatic carbocycles. The Kier molecular flexibility index (Phi) is 8.68. The van der Waals surface area contributed by atoms with Crippen LogP contribution in [0.3, 0.4) is 0 Å². The molecule has 0 bridgehead atoms. The second-order valence-corrected chi connectivity index (χ2v) is 7.29. The van der Waals surface area contributed by atoms with Crippen LogP contribution in [0.25, 0.3) is 0 Å². The van der Waals surface area contributed by atoms with Gasteiger partial charge in [0.1, 0.15) is 5.60 Å². The summed E-state index contributed by atoms with van der Waals surface area (Å²) in [6.45, 7) is 16.4. The Balaban J connectivity index is 2.60. The van der Waals surface area contributed by atoms with Crippen LogP contribution in [-0.2, 0) is 9.53 Å². The van der Waals surface area contributed by atoms with Crippen molar-refractivity contribution in [2.75, 3.05) is 52.4 Å². The monoisotopic (exact) mass is 369 g/mol. The molecule has 1 N–H and O–H groups in total. The molecule has 150 valence electrons. The third kappa shape index (κ3) is 7.49. The number of carbonyl (C=O) groups is 2. The highest BCUT2D eigenvalue weighted by molar-refractivity contribution is 5.80. The predicted molar refractivity (Wildman–Crippen MR) is 103 cm³/mol. The number of ether oxygens (including phenoxy) is 1. The van der Waals surface area contributed by atoms with E-state index in [0.29, 0.717) is 32.7 Å². The minimum absolute atomic E-state index is 0.113. The van der Waals surface area contributed by atoms with Crippen molar-refractivity contribution < 1.29 is 14.3 Å². The summed E-state index contributed by atoms with van der Waals surface area (Å²) in [5, 5.41) is 3.29. The molecule has 0 spiro atoms. The van der Waals surface area contributed by atoms with Gasteiger partial charge in [-0.15, -0.1) is 0 Å². The molecule has 0 aromatic carbocycles. The van der Waals surface area contributed by atoms with Crippen molar-refractivity contribution in [1.29, 1.82) is 0 Å². The highest BCUT2D eigenvalue weighted by Gasteiger charge is 2.22. The van der Waals surface area contributed by atoms with Crippen LogP contribution in [0.2, 0.25) is 0 Å². The number of nitrogens with one attached hydrogen (secondary N) is 1. The van der Waals surface area contributed by atoms with E-state index in [2.05, 4.69) is 15.2 Å². The number of guanidine groups is 1. The summed E-state index contributed by atoms with van der Waals surface area (Å²) in [5.74, 6) is 0.943. The van der Waals surface area contributed by atoms with Gasteiger partial charge in [0.15, 0.2) is 5.96 Å². The molecule has 26 heavy (non-hydrogen) atoms. The molecule has 8 heteroatoms. The van der Waals surface area contributed by atoms with Gasteiger partial charge in [0, 0.05) is 52.7 Å². The molecule has 2 amide bonds. The number of hydrogen-bond donors (Lipinski definition) is 1. The number of carbonyl (C=O) groups excluding carboxylic acids is 2. The normalized spacial score (nSPS) is 15.7. The zero-order valence-corrected chi connectivity index (χ0v) is 17.2. The summed E-state index contributed by atoms with van der Waals surface area (Å²) < 4.78 is 5.42. The van der Waals surface area contributed by atoms with Crippen molar-refractivity contribution in [2.24, 2.45) is 4.99 Å². The fourth-order valence-corrected chi connectivity index (χ4v) is 2.64. The Bertz CT molecular complexity index is 494. The number of rotatable bonds is 5. The van der Waals surface area contributed by atoms with Crippen LogP contribution in [-0.4, -0.2) is 90.6 Å². The minimum atomic E-state index is -0.501. The van der Waals surface area contributed by atoms with Gasteiger partial charge in [-0.05, 0) is 34.6 Å². The SMILES string of the molecule is CCNC(=NCCN(CC)C(=O)OC(C)(C)C)N1CCN(C(C)=O)CC1. The molecular formula is C18H35N5O3. The predicted octanol–water partition coefficient (Wildman–Crippen LogP) is 1.37. The Morgan fingerprint density at radius 2 is 1.69 bits per heavy atom. The lowest BCUT2D eigenvalue weighted by Gasteiger charge is -2.36. The van der Waals surface area contributed by atoms with Gasteiger partial charge in [-0.2, -0.15) is 0 Å². The lowest BCUT2D eigenvalue weighted by molar-refractivity contribution is -0.130. The summed E-state index contributed by atoms with van der Waals surface area (Å²) in [6.07, 6.45) is -0.310. The van der Waals surface area contributed by atoms with Crippen LogP contribution in [0.15, 0.2) is 4.99 Å². The largest absolute Gasteiger partial charge is 0.444 e. The average molecular weight is 370 g/mol. The first kappa shape index (κ1) is 22.1. The zero-order chi connectivity index (χ0) is 19.7. The lowest BCUT2D eigenvalue weighted by atomic mass is 10.2. The fraction of sp³-hybridized carbons (Fsp3) is 0.833. The quantitative estimate of drug-likeness (QED) is 0.585. The highest BCUT2D eigenvalue weighted by atomic mass is 16.6. The van der Waals surface area contributed by atoms with E-state index >= 15 is 0 Å². The Labute approximate surface area is 157 Å². The Morgan fingerprint density at radius 1 is 1.12 bits per heavy atom. The van der Waals surface area contributed by atoms with Crippen molar-refractivity contribution in [1.82, 2.24) is 20.0 Å². The molecule has 0 aromatic rings. The molecule has 1 heterocycles. The van der Waals surface area contributed by atoms with Crippen molar-refractivity contribution in [2.45, 2.75) is 47.1 Å². The number of nitrogens with zero attached hydrogens (tertiary/aromatic N) is 4. The third-order valence-corrected chi connectivity index (χ3v) is 4.02. The van der Waals surface area contributed by atoms with Gasteiger partial charge in [-0.25, -0.2) is 4.79 Å². The number of likely N-dealkylation sites (N-methyl/N-ethyl adjacent to an activating group) is 1. The topological polar surface area (TPSA) is 77.5 Å². The molecule has 0 aromatic heterocycles. The molecule has 1 saturated heterocycles. The standard InChI is InChI=1S/C18H35N5O3/c1-7-19-16(23-13-11-22(12-14-23)15(3)24)20-9-10-21(8-2)17(25)26-18(4,5)6/h7-14H2,1-6H3,(H,19,20). The lowest BCUT2D eigenvalue weighted by Crippen LogP contribution is -2.53. The van der Waals surface area contributed by atoms with Crippen molar-refractivity contribution in [3.05, 3.63) is 0 Å². The Morgan fingerprint density at radius 3 is 2.15 bits per heavy atom. The van der Waals surface area contributed by atoms with E-state index in [9.17, 15) is 9.59 Å². The third-order valence-electron chi connectivity index (χ3n) is 4.02. The van der Waals surface area contributed by atoms with Crippen LogP contribution < -0.4 is 5.32 Å². The summed E-state index contributed by atoms with van der Waals surface area (Å²) in [4.78, 5) is 34.0. The fourth-order valence-electron chi connectivity index (χ4n) is 2.64. The summed E-state index contributed by atoms with van der Waals surface area (Å²) in [7, 11) is 0. The molecule has 0 saturated carbocycles. The molecular weight excluding hydrogens is 334 g/mol. The number of piperazine rings is 1. The molecule has 1 aliphatic rings. The maximum absolute atomic E-state index is 12.2. The van der Waals surface area contributed by atoms with E-state index in [1.165, 1.54) is 0 Å². The van der Waals surface area contributed by atoms with Crippen LogP contribution in [0.4, 0.5) is 4.79 Å². The maximum Gasteiger partial charge on any atom is 0.410 e. The zero-order valence-electron chi connectivity index (χ0n) is 17.2. The van der Waals surface area contributed by atoms with Gasteiger partial charge in [0.2, 0.25) is 5.91 Å². The second-order valence-electron chi connectivity index (χ2n) is 7.29. The molecule has 8 nitrogen and oxygen atoms in total.